The molecule has 1 aromatic heterocycles. The molecule has 2 rings (SSSR count). The van der Waals surface area contributed by atoms with Gasteiger partial charge < -0.3 is 4.74 Å². The van der Waals surface area contributed by atoms with Gasteiger partial charge in [-0.25, -0.2) is 4.98 Å². The van der Waals surface area contributed by atoms with Gasteiger partial charge in [0.1, 0.15) is 6.61 Å². The molecule has 0 atom stereocenters. The van der Waals surface area contributed by atoms with Gasteiger partial charge in [-0.2, -0.15) is 0 Å². The normalized spacial score (nSPS) is 10.1. The number of halogens is 1. The second-order valence-corrected chi connectivity index (χ2v) is 3.94. The topological polar surface area (TPSA) is 65.3 Å². The molecule has 0 amide bonds. The van der Waals surface area contributed by atoms with Crippen molar-refractivity contribution in [2.24, 2.45) is 0 Å². The van der Waals surface area contributed by atoms with E-state index in [0.717, 1.165) is 5.56 Å². The number of hydrogen-bond donors (Lipinski definition) is 0. The molecule has 1 heterocycles. The van der Waals surface area contributed by atoms with Gasteiger partial charge in [0.15, 0.2) is 0 Å². The van der Waals surface area contributed by atoms with Crippen molar-refractivity contribution in [1.82, 2.24) is 4.98 Å². The van der Waals surface area contributed by atoms with Crippen molar-refractivity contribution in [3.63, 3.8) is 0 Å². The van der Waals surface area contributed by atoms with Gasteiger partial charge >= 0.3 is 5.69 Å². The van der Waals surface area contributed by atoms with E-state index in [1.165, 1.54) is 18.3 Å². The highest BCUT2D eigenvalue weighted by molar-refractivity contribution is 6.30. The Morgan fingerprint density at radius 1 is 1.33 bits per heavy atom. The standard InChI is InChI=1S/C12H9ClN2O3/c13-10-4-1-3-9(7-10)8-18-12-11(15(16)17)5-2-6-14-12/h1-7H,8H2. The van der Waals surface area contributed by atoms with Gasteiger partial charge in [0, 0.05) is 17.3 Å². The van der Waals surface area contributed by atoms with E-state index in [1.54, 1.807) is 18.2 Å². The van der Waals surface area contributed by atoms with Crippen molar-refractivity contribution >= 4 is 17.3 Å². The van der Waals surface area contributed by atoms with Gasteiger partial charge in [0.25, 0.3) is 5.88 Å². The molecular formula is C12H9ClN2O3. The van der Waals surface area contributed by atoms with Gasteiger partial charge in [-0.15, -0.1) is 0 Å². The zero-order valence-electron chi connectivity index (χ0n) is 9.25. The Morgan fingerprint density at radius 2 is 2.17 bits per heavy atom. The number of hydrogen-bond acceptors (Lipinski definition) is 4. The van der Waals surface area contributed by atoms with Crippen LogP contribution in [0, 0.1) is 10.1 Å². The Labute approximate surface area is 108 Å². The van der Waals surface area contributed by atoms with E-state index in [1.807, 2.05) is 6.07 Å². The van der Waals surface area contributed by atoms with Crippen molar-refractivity contribution in [2.45, 2.75) is 6.61 Å². The molecule has 0 unspecified atom stereocenters. The zero-order valence-corrected chi connectivity index (χ0v) is 10.0. The first-order chi connectivity index (χ1) is 8.66. The molecule has 0 saturated heterocycles. The van der Waals surface area contributed by atoms with Crippen LogP contribution in [0.4, 0.5) is 5.69 Å². The number of nitro groups is 1. The fraction of sp³-hybridized carbons (Fsp3) is 0.0833. The fourth-order valence-corrected chi connectivity index (χ4v) is 1.62. The Hall–Kier alpha value is -2.14. The third-order valence-corrected chi connectivity index (χ3v) is 2.45. The van der Waals surface area contributed by atoms with Gasteiger partial charge in [-0.05, 0) is 23.8 Å². The third kappa shape index (κ3) is 2.95. The lowest BCUT2D eigenvalue weighted by Gasteiger charge is -2.05. The average Bonchev–Trinajstić information content (AvgIpc) is 2.37. The molecule has 0 spiro atoms. The summed E-state index contributed by atoms with van der Waals surface area (Å²) in [6.45, 7) is 0.179. The van der Waals surface area contributed by atoms with Crippen LogP contribution in [0.5, 0.6) is 5.88 Å². The quantitative estimate of drug-likeness (QED) is 0.628. The molecule has 18 heavy (non-hydrogen) atoms. The zero-order chi connectivity index (χ0) is 13.0. The number of aromatic nitrogens is 1. The second kappa shape index (κ2) is 5.46. The Balaban J connectivity index is 2.13. The summed E-state index contributed by atoms with van der Waals surface area (Å²) in [7, 11) is 0. The first-order valence-corrected chi connectivity index (χ1v) is 5.51. The smallest absolute Gasteiger partial charge is 0.330 e. The molecule has 0 aliphatic heterocycles. The predicted molar refractivity (Wildman–Crippen MR) is 66.7 cm³/mol. The van der Waals surface area contributed by atoms with Gasteiger partial charge in [-0.3, -0.25) is 10.1 Å². The summed E-state index contributed by atoms with van der Waals surface area (Å²) in [5.41, 5.74) is 0.668. The molecule has 0 saturated carbocycles. The largest absolute Gasteiger partial charge is 0.468 e. The van der Waals surface area contributed by atoms with Crippen LogP contribution in [-0.4, -0.2) is 9.91 Å². The summed E-state index contributed by atoms with van der Waals surface area (Å²) < 4.78 is 5.33. The monoisotopic (exact) mass is 264 g/mol. The van der Waals surface area contributed by atoms with Crippen LogP contribution < -0.4 is 4.74 Å². The van der Waals surface area contributed by atoms with Crippen molar-refractivity contribution in [3.8, 4) is 5.88 Å². The summed E-state index contributed by atoms with van der Waals surface area (Å²) in [6, 6.07) is 9.92. The molecule has 2 aromatic rings. The van der Waals surface area contributed by atoms with Crippen LogP contribution in [0.2, 0.25) is 5.02 Å². The Morgan fingerprint density at radius 3 is 2.89 bits per heavy atom. The minimum atomic E-state index is -0.527. The lowest BCUT2D eigenvalue weighted by atomic mass is 10.2. The van der Waals surface area contributed by atoms with Crippen LogP contribution in [0.3, 0.4) is 0 Å². The van der Waals surface area contributed by atoms with E-state index in [4.69, 9.17) is 16.3 Å². The molecule has 0 aliphatic carbocycles. The van der Waals surface area contributed by atoms with Crippen LogP contribution in [0.1, 0.15) is 5.56 Å². The first-order valence-electron chi connectivity index (χ1n) is 5.13. The lowest BCUT2D eigenvalue weighted by Crippen LogP contribution is -2.00. The van der Waals surface area contributed by atoms with Crippen molar-refractivity contribution < 1.29 is 9.66 Å². The molecule has 0 bridgehead atoms. The summed E-state index contributed by atoms with van der Waals surface area (Å²) in [5, 5.41) is 11.3. The van der Waals surface area contributed by atoms with Crippen LogP contribution in [0.25, 0.3) is 0 Å². The Bertz CT molecular complexity index is 575. The number of rotatable bonds is 4. The Kier molecular flexibility index (Phi) is 3.74. The molecular weight excluding hydrogens is 256 g/mol. The number of pyridine rings is 1. The second-order valence-electron chi connectivity index (χ2n) is 3.50. The molecule has 0 N–H and O–H groups in total. The molecule has 0 fully saturated rings. The maximum absolute atomic E-state index is 10.8. The maximum atomic E-state index is 10.8. The summed E-state index contributed by atoms with van der Waals surface area (Å²) in [6.07, 6.45) is 1.44. The van der Waals surface area contributed by atoms with E-state index in [2.05, 4.69) is 4.98 Å². The van der Waals surface area contributed by atoms with E-state index in [9.17, 15) is 10.1 Å². The number of nitrogens with zero attached hydrogens (tertiary/aromatic N) is 2. The molecule has 5 nitrogen and oxygen atoms in total. The van der Waals surface area contributed by atoms with Gasteiger partial charge in [-0.1, -0.05) is 23.7 Å². The fourth-order valence-electron chi connectivity index (χ4n) is 1.41. The average molecular weight is 265 g/mol. The van der Waals surface area contributed by atoms with E-state index in [0.29, 0.717) is 5.02 Å². The molecule has 0 aliphatic rings. The minimum absolute atomic E-state index is 0.00229. The summed E-state index contributed by atoms with van der Waals surface area (Å²) >= 11 is 5.83. The highest BCUT2D eigenvalue weighted by atomic mass is 35.5. The van der Waals surface area contributed by atoms with Crippen molar-refractivity contribution in [2.75, 3.05) is 0 Å². The summed E-state index contributed by atoms with van der Waals surface area (Å²) in [4.78, 5) is 14.1. The predicted octanol–water partition coefficient (Wildman–Crippen LogP) is 3.22. The van der Waals surface area contributed by atoms with Gasteiger partial charge in [0.2, 0.25) is 0 Å². The number of ether oxygens (including phenoxy) is 1. The lowest BCUT2D eigenvalue weighted by molar-refractivity contribution is -0.386. The van der Waals surface area contributed by atoms with E-state index < -0.39 is 4.92 Å². The highest BCUT2D eigenvalue weighted by Gasteiger charge is 2.15. The first kappa shape index (κ1) is 12.3. The van der Waals surface area contributed by atoms with Crippen molar-refractivity contribution in [1.29, 1.82) is 0 Å². The molecule has 0 radical (unpaired) electrons. The SMILES string of the molecule is O=[N+]([O-])c1cccnc1OCc1cccc(Cl)c1. The van der Waals surface area contributed by atoms with Crippen LogP contribution >= 0.6 is 11.6 Å². The summed E-state index contributed by atoms with van der Waals surface area (Å²) in [5.74, 6) is 0.00229. The molecule has 6 heteroatoms. The van der Waals surface area contributed by atoms with Crippen LogP contribution in [0.15, 0.2) is 42.6 Å². The highest BCUT2D eigenvalue weighted by Crippen LogP contribution is 2.24. The molecule has 1 aromatic carbocycles. The third-order valence-electron chi connectivity index (χ3n) is 2.21. The number of benzene rings is 1. The van der Waals surface area contributed by atoms with Gasteiger partial charge in [0.05, 0.1) is 4.92 Å². The molecule has 92 valence electrons. The maximum Gasteiger partial charge on any atom is 0.330 e. The minimum Gasteiger partial charge on any atom is -0.468 e. The van der Waals surface area contributed by atoms with E-state index in [-0.39, 0.29) is 18.2 Å². The van der Waals surface area contributed by atoms with E-state index >= 15 is 0 Å². The van der Waals surface area contributed by atoms with Crippen molar-refractivity contribution in [3.05, 3.63) is 63.3 Å². The van der Waals surface area contributed by atoms with Crippen LogP contribution in [-0.2, 0) is 6.61 Å².